The average molecular weight is 441 g/mol. The smallest absolute Gasteiger partial charge is 0.249 e. The normalized spacial score (nSPS) is 15.2. The second kappa shape index (κ2) is 8.79. The van der Waals surface area contributed by atoms with Gasteiger partial charge >= 0.3 is 0 Å². The summed E-state index contributed by atoms with van der Waals surface area (Å²) in [6.45, 7) is 0.232. The molecule has 9 heteroatoms. The van der Waals surface area contributed by atoms with Crippen molar-refractivity contribution >= 4 is 34.9 Å². The maximum absolute atomic E-state index is 13.2. The van der Waals surface area contributed by atoms with Gasteiger partial charge in [0.2, 0.25) is 11.8 Å². The minimum atomic E-state index is -0.848. The number of ether oxygens (including phenoxy) is 2. The zero-order chi connectivity index (χ0) is 22.0. The summed E-state index contributed by atoms with van der Waals surface area (Å²) in [6, 6.07) is 13.6. The van der Waals surface area contributed by atoms with Crippen LogP contribution in [0.2, 0.25) is 5.02 Å². The molecule has 2 heterocycles. The fourth-order valence-electron chi connectivity index (χ4n) is 3.56. The van der Waals surface area contributed by atoms with E-state index in [-0.39, 0.29) is 18.9 Å². The second-order valence-electron chi connectivity index (χ2n) is 7.02. The molecule has 0 spiro atoms. The summed E-state index contributed by atoms with van der Waals surface area (Å²) in [6.07, 6.45) is -0.0528. The lowest BCUT2D eigenvalue weighted by Gasteiger charge is -2.24. The molecule has 0 saturated carbocycles. The van der Waals surface area contributed by atoms with Gasteiger partial charge in [0, 0.05) is 18.7 Å². The molecule has 0 saturated heterocycles. The lowest BCUT2D eigenvalue weighted by atomic mass is 10.0. The molecule has 1 aliphatic heterocycles. The van der Waals surface area contributed by atoms with Crippen molar-refractivity contribution in [3.8, 4) is 16.9 Å². The highest BCUT2D eigenvalue weighted by Gasteiger charge is 2.35. The number of hydrogen-bond donors (Lipinski definition) is 2. The van der Waals surface area contributed by atoms with Gasteiger partial charge in [-0.3, -0.25) is 9.59 Å². The monoisotopic (exact) mass is 440 g/mol. The molecule has 2 aromatic carbocycles. The Kier molecular flexibility index (Phi) is 5.92. The first kappa shape index (κ1) is 20.9. The van der Waals surface area contributed by atoms with Gasteiger partial charge in [0.25, 0.3) is 0 Å². The molecule has 0 fully saturated rings. The molecule has 160 valence electrons. The fraction of sp³-hybridized carbons (Fsp3) is 0.227. The third-order valence-electron chi connectivity index (χ3n) is 4.99. The van der Waals surface area contributed by atoms with Crippen molar-refractivity contribution in [2.24, 2.45) is 0 Å². The Morgan fingerprint density at radius 1 is 1.26 bits per heavy atom. The number of amides is 2. The van der Waals surface area contributed by atoms with Crippen LogP contribution in [0.4, 0.5) is 11.5 Å². The van der Waals surface area contributed by atoms with Crippen LogP contribution in [0, 0.1) is 0 Å². The van der Waals surface area contributed by atoms with Crippen molar-refractivity contribution in [2.75, 3.05) is 24.9 Å². The number of nitrogens with zero attached hydrogens (tertiary/aromatic N) is 2. The van der Waals surface area contributed by atoms with Crippen LogP contribution >= 0.6 is 11.6 Å². The summed E-state index contributed by atoms with van der Waals surface area (Å²) < 4.78 is 12.0. The van der Waals surface area contributed by atoms with Gasteiger partial charge in [0.1, 0.15) is 17.6 Å². The molecule has 8 nitrogen and oxygen atoms in total. The summed E-state index contributed by atoms with van der Waals surface area (Å²) in [4.78, 5) is 25.7. The van der Waals surface area contributed by atoms with Gasteiger partial charge in [0.05, 0.1) is 36.5 Å². The first-order valence-corrected chi connectivity index (χ1v) is 9.99. The zero-order valence-electron chi connectivity index (χ0n) is 17.0. The molecule has 0 aliphatic carbocycles. The fourth-order valence-corrected chi connectivity index (χ4v) is 3.73. The lowest BCUT2D eigenvalue weighted by molar-refractivity contribution is -0.125. The maximum atomic E-state index is 13.2. The van der Waals surface area contributed by atoms with Crippen molar-refractivity contribution in [1.29, 1.82) is 0 Å². The topological polar surface area (TPSA) is 94.5 Å². The van der Waals surface area contributed by atoms with E-state index < -0.39 is 11.9 Å². The molecule has 2 N–H and O–H groups in total. The average Bonchev–Trinajstić information content (AvgIpc) is 3.13. The van der Waals surface area contributed by atoms with Crippen molar-refractivity contribution in [3.63, 3.8) is 0 Å². The van der Waals surface area contributed by atoms with E-state index in [0.29, 0.717) is 28.0 Å². The minimum Gasteiger partial charge on any atom is -0.497 e. The second-order valence-corrected chi connectivity index (χ2v) is 7.42. The molecule has 1 atom stereocenters. The number of hydrogen-bond acceptors (Lipinski definition) is 5. The predicted octanol–water partition coefficient (Wildman–Crippen LogP) is 3.88. The van der Waals surface area contributed by atoms with Gasteiger partial charge in [-0.2, -0.15) is 5.10 Å². The molecule has 4 rings (SSSR count). The van der Waals surface area contributed by atoms with Gasteiger partial charge in [-0.1, -0.05) is 41.9 Å². The summed E-state index contributed by atoms with van der Waals surface area (Å²) in [7, 11) is 3.10. The molecular weight excluding hydrogens is 420 g/mol. The molecule has 2 amide bonds. The van der Waals surface area contributed by atoms with Crippen LogP contribution in [0.1, 0.15) is 18.2 Å². The molecule has 1 aromatic heterocycles. The summed E-state index contributed by atoms with van der Waals surface area (Å²) in [5, 5.41) is 10.6. The van der Waals surface area contributed by atoms with E-state index in [1.165, 1.54) is 7.11 Å². The Hall–Kier alpha value is -3.36. The third-order valence-corrected chi connectivity index (χ3v) is 5.32. The molecule has 0 unspecified atom stereocenters. The van der Waals surface area contributed by atoms with Crippen molar-refractivity contribution in [2.45, 2.75) is 19.1 Å². The SMILES string of the molecule is COCc1nn2c(c1-c1ccccc1)NC(=O)C[C@H]2C(=O)Nc1cc(OC)ccc1Cl. The van der Waals surface area contributed by atoms with Gasteiger partial charge < -0.3 is 20.1 Å². The summed E-state index contributed by atoms with van der Waals surface area (Å²) in [5.41, 5.74) is 2.62. The molecular formula is C22H21ClN4O4. The standard InChI is InChI=1S/C22H21ClN4O4/c1-30-12-17-20(13-6-4-3-5-7-13)21-25-19(28)11-18(27(21)26-17)22(29)24-16-10-14(31-2)8-9-15(16)23/h3-10,18H,11-12H2,1-2H3,(H,24,29)(H,25,28)/t18-/m0/s1. The van der Waals surface area contributed by atoms with Gasteiger partial charge in [-0.15, -0.1) is 0 Å². The number of carbonyl (C=O) groups excluding carboxylic acids is 2. The van der Waals surface area contributed by atoms with Gasteiger partial charge in [-0.25, -0.2) is 4.68 Å². The Bertz CT molecular complexity index is 1130. The largest absolute Gasteiger partial charge is 0.497 e. The third kappa shape index (κ3) is 4.12. The van der Waals surface area contributed by atoms with Crippen molar-refractivity contribution in [1.82, 2.24) is 9.78 Å². The van der Waals surface area contributed by atoms with Crippen LogP contribution in [-0.2, 0) is 20.9 Å². The maximum Gasteiger partial charge on any atom is 0.249 e. The van der Waals surface area contributed by atoms with Crippen LogP contribution in [0.25, 0.3) is 11.1 Å². The van der Waals surface area contributed by atoms with Crippen LogP contribution in [0.5, 0.6) is 5.75 Å². The predicted molar refractivity (Wildman–Crippen MR) is 117 cm³/mol. The number of nitrogens with one attached hydrogen (secondary N) is 2. The van der Waals surface area contributed by atoms with E-state index in [1.54, 1.807) is 30.0 Å². The van der Waals surface area contributed by atoms with E-state index in [0.717, 1.165) is 11.1 Å². The number of methoxy groups -OCH3 is 2. The van der Waals surface area contributed by atoms with Gasteiger partial charge in [0.15, 0.2) is 0 Å². The van der Waals surface area contributed by atoms with E-state index >= 15 is 0 Å². The molecule has 0 bridgehead atoms. The Labute approximate surface area is 184 Å². The van der Waals surface area contributed by atoms with Crippen molar-refractivity contribution in [3.05, 3.63) is 59.2 Å². The Morgan fingerprint density at radius 2 is 2.03 bits per heavy atom. The van der Waals surface area contributed by atoms with E-state index in [1.807, 2.05) is 30.3 Å². The quantitative estimate of drug-likeness (QED) is 0.606. The number of aromatic nitrogens is 2. The zero-order valence-corrected chi connectivity index (χ0v) is 17.8. The number of benzene rings is 2. The summed E-state index contributed by atoms with van der Waals surface area (Å²) in [5.74, 6) is 0.337. The highest BCUT2D eigenvalue weighted by atomic mass is 35.5. The highest BCUT2D eigenvalue weighted by Crippen LogP contribution is 2.38. The van der Waals surface area contributed by atoms with Crippen LogP contribution in [0.3, 0.4) is 0 Å². The number of rotatable bonds is 6. The Morgan fingerprint density at radius 3 is 2.74 bits per heavy atom. The van der Waals surface area contributed by atoms with E-state index in [4.69, 9.17) is 21.1 Å². The number of fused-ring (bicyclic) bond motifs is 1. The number of halogens is 1. The van der Waals surface area contributed by atoms with E-state index in [2.05, 4.69) is 15.7 Å². The van der Waals surface area contributed by atoms with Crippen molar-refractivity contribution < 1.29 is 19.1 Å². The first-order chi connectivity index (χ1) is 15.0. The molecule has 3 aromatic rings. The summed E-state index contributed by atoms with van der Waals surface area (Å²) >= 11 is 6.23. The Balaban J connectivity index is 1.74. The van der Waals surface area contributed by atoms with Gasteiger partial charge in [-0.05, 0) is 17.7 Å². The van der Waals surface area contributed by atoms with Crippen LogP contribution in [-0.4, -0.2) is 35.8 Å². The molecule has 31 heavy (non-hydrogen) atoms. The molecule has 1 aliphatic rings. The van der Waals surface area contributed by atoms with Crippen LogP contribution in [0.15, 0.2) is 48.5 Å². The molecule has 0 radical (unpaired) electrons. The highest BCUT2D eigenvalue weighted by molar-refractivity contribution is 6.33. The lowest BCUT2D eigenvalue weighted by Crippen LogP contribution is -2.36. The van der Waals surface area contributed by atoms with Crippen LogP contribution < -0.4 is 15.4 Å². The number of anilines is 2. The first-order valence-electron chi connectivity index (χ1n) is 9.61. The number of carbonyl (C=O) groups is 2. The van der Waals surface area contributed by atoms with E-state index in [9.17, 15) is 9.59 Å². The minimum absolute atomic E-state index is 0.0528.